The Labute approximate surface area is 146 Å². The van der Waals surface area contributed by atoms with Crippen molar-refractivity contribution in [3.8, 4) is 11.3 Å². The van der Waals surface area contributed by atoms with Gasteiger partial charge in [-0.2, -0.15) is 10.1 Å². The van der Waals surface area contributed by atoms with Gasteiger partial charge in [0.1, 0.15) is 11.5 Å². The first kappa shape index (κ1) is 16.3. The maximum atomic E-state index is 11.6. The van der Waals surface area contributed by atoms with E-state index in [1.165, 1.54) is 24.0 Å². The third-order valence-corrected chi connectivity index (χ3v) is 4.61. The average Bonchev–Trinajstić information content (AvgIpc) is 3.13. The van der Waals surface area contributed by atoms with Crippen LogP contribution in [-0.4, -0.2) is 32.1 Å². The Morgan fingerprint density at radius 1 is 1.42 bits per heavy atom. The minimum atomic E-state index is -0.447. The lowest BCUT2D eigenvalue weighted by atomic mass is 10.1. The van der Waals surface area contributed by atoms with E-state index >= 15 is 0 Å². The zero-order valence-electron chi connectivity index (χ0n) is 12.5. The van der Waals surface area contributed by atoms with Crippen LogP contribution in [0.3, 0.4) is 0 Å². The minimum absolute atomic E-state index is 0.0277. The van der Waals surface area contributed by atoms with Gasteiger partial charge < -0.3 is 4.42 Å². The summed E-state index contributed by atoms with van der Waals surface area (Å²) in [6, 6.07) is 8.15. The Bertz CT molecular complexity index is 859. The second-order valence-electron chi connectivity index (χ2n) is 4.98. The first-order valence-corrected chi connectivity index (χ1v) is 8.24. The summed E-state index contributed by atoms with van der Waals surface area (Å²) in [4.78, 5) is 22.3. The van der Waals surface area contributed by atoms with Crippen LogP contribution in [0.2, 0.25) is 0 Å². The van der Waals surface area contributed by atoms with E-state index in [9.17, 15) is 14.9 Å². The zero-order valence-corrected chi connectivity index (χ0v) is 14.1. The minimum Gasteiger partial charge on any atom is -0.455 e. The third-order valence-electron chi connectivity index (χ3n) is 3.27. The van der Waals surface area contributed by atoms with Gasteiger partial charge in [0.25, 0.3) is 11.6 Å². The number of nitrogens with zero attached hydrogens (tertiary/aromatic N) is 3. The number of aryl methyl sites for hydroxylation is 1. The van der Waals surface area contributed by atoms with Gasteiger partial charge in [-0.05, 0) is 30.7 Å². The number of carbonyl (C=O) groups excluding carboxylic acids is 1. The lowest BCUT2D eigenvalue weighted by Crippen LogP contribution is -2.22. The first-order valence-electron chi connectivity index (χ1n) is 6.84. The Morgan fingerprint density at radius 3 is 2.88 bits per heavy atom. The summed E-state index contributed by atoms with van der Waals surface area (Å²) in [5, 5.41) is 16.3. The van der Waals surface area contributed by atoms with Crippen molar-refractivity contribution in [3.63, 3.8) is 0 Å². The van der Waals surface area contributed by atoms with Crippen molar-refractivity contribution in [1.82, 2.24) is 5.01 Å². The maximum Gasteiger partial charge on any atom is 0.280 e. The van der Waals surface area contributed by atoms with Crippen molar-refractivity contribution in [2.24, 2.45) is 5.10 Å². The van der Waals surface area contributed by atoms with Gasteiger partial charge in [0.2, 0.25) is 0 Å². The molecule has 7 nitrogen and oxygen atoms in total. The van der Waals surface area contributed by atoms with Gasteiger partial charge in [-0.15, -0.1) is 0 Å². The molecule has 9 heteroatoms. The molecule has 2 aromatic rings. The standard InChI is InChI=1S/C15H11N3O4S2/c1-9-2-4-11(12(6-9)18(20)21)13-5-3-10(22-13)7-16-17-14(19)8-24-15(17)23/h2-7H,8H2,1H3/b16-7+. The van der Waals surface area contributed by atoms with E-state index in [0.29, 0.717) is 21.4 Å². The van der Waals surface area contributed by atoms with Crippen LogP contribution >= 0.6 is 24.0 Å². The highest BCUT2D eigenvalue weighted by Crippen LogP contribution is 2.31. The molecule has 1 aromatic carbocycles. The first-order chi connectivity index (χ1) is 11.5. The third kappa shape index (κ3) is 3.22. The van der Waals surface area contributed by atoms with E-state index in [2.05, 4.69) is 5.10 Å². The lowest BCUT2D eigenvalue weighted by Gasteiger charge is -2.05. The van der Waals surface area contributed by atoms with Crippen LogP contribution < -0.4 is 0 Å². The molecule has 1 amide bonds. The van der Waals surface area contributed by atoms with Crippen LogP contribution in [0, 0.1) is 17.0 Å². The molecule has 122 valence electrons. The number of hydrazone groups is 1. The normalized spacial score (nSPS) is 14.8. The van der Waals surface area contributed by atoms with Crippen molar-refractivity contribution >= 4 is 46.1 Å². The van der Waals surface area contributed by atoms with Crippen LogP contribution in [0.5, 0.6) is 0 Å². The summed E-state index contributed by atoms with van der Waals surface area (Å²) < 4.78 is 5.98. The molecule has 1 aromatic heterocycles. The van der Waals surface area contributed by atoms with Gasteiger partial charge in [0, 0.05) is 6.07 Å². The van der Waals surface area contributed by atoms with Crippen molar-refractivity contribution in [2.75, 3.05) is 5.75 Å². The van der Waals surface area contributed by atoms with E-state index in [0.717, 1.165) is 10.6 Å². The fourth-order valence-corrected chi connectivity index (χ4v) is 3.11. The van der Waals surface area contributed by atoms with E-state index in [1.54, 1.807) is 31.2 Å². The number of benzene rings is 1. The summed E-state index contributed by atoms with van der Waals surface area (Å²) in [7, 11) is 0. The zero-order chi connectivity index (χ0) is 17.3. The summed E-state index contributed by atoms with van der Waals surface area (Å²) >= 11 is 6.27. The van der Waals surface area contributed by atoms with Crippen LogP contribution in [-0.2, 0) is 4.79 Å². The molecule has 2 heterocycles. The second-order valence-corrected chi connectivity index (χ2v) is 6.59. The maximum absolute atomic E-state index is 11.6. The van der Waals surface area contributed by atoms with E-state index in [-0.39, 0.29) is 17.3 Å². The number of thiocarbonyl (C=S) groups is 1. The highest BCUT2D eigenvalue weighted by atomic mass is 32.2. The molecule has 1 saturated heterocycles. The second kappa shape index (κ2) is 6.54. The Hall–Kier alpha value is -2.52. The predicted molar refractivity (Wildman–Crippen MR) is 95.0 cm³/mol. The van der Waals surface area contributed by atoms with Crippen molar-refractivity contribution < 1.29 is 14.1 Å². The number of hydrogen-bond acceptors (Lipinski definition) is 7. The van der Waals surface area contributed by atoms with E-state index in [1.807, 2.05) is 0 Å². The van der Waals surface area contributed by atoms with Crippen molar-refractivity contribution in [1.29, 1.82) is 0 Å². The molecule has 1 aliphatic rings. The fourth-order valence-electron chi connectivity index (χ4n) is 2.14. The average molecular weight is 361 g/mol. The number of furan rings is 1. The number of amides is 1. The van der Waals surface area contributed by atoms with Gasteiger partial charge in [-0.1, -0.05) is 30.0 Å². The molecule has 0 aliphatic carbocycles. The molecule has 0 spiro atoms. The summed E-state index contributed by atoms with van der Waals surface area (Å²) in [5.74, 6) is 0.803. The van der Waals surface area contributed by atoms with E-state index in [4.69, 9.17) is 16.6 Å². The highest BCUT2D eigenvalue weighted by molar-refractivity contribution is 8.23. The molecule has 0 atom stereocenters. The Kier molecular flexibility index (Phi) is 4.45. The number of nitro benzene ring substituents is 1. The van der Waals surface area contributed by atoms with Crippen LogP contribution in [0.4, 0.5) is 5.69 Å². The number of carbonyl (C=O) groups is 1. The number of rotatable bonds is 4. The van der Waals surface area contributed by atoms with Crippen LogP contribution in [0.1, 0.15) is 11.3 Å². The quantitative estimate of drug-likeness (QED) is 0.359. The Morgan fingerprint density at radius 2 is 2.21 bits per heavy atom. The molecule has 0 N–H and O–H groups in total. The topological polar surface area (TPSA) is 89.0 Å². The van der Waals surface area contributed by atoms with Crippen molar-refractivity contribution in [3.05, 3.63) is 51.8 Å². The van der Waals surface area contributed by atoms with Crippen LogP contribution in [0.25, 0.3) is 11.3 Å². The SMILES string of the molecule is Cc1ccc(-c2ccc(/C=N/N3C(=O)CSC3=S)o2)c([N+](=O)[O-])c1. The molecule has 0 unspecified atom stereocenters. The number of hydrogen-bond donors (Lipinski definition) is 0. The molecule has 24 heavy (non-hydrogen) atoms. The van der Waals surface area contributed by atoms with Crippen LogP contribution in [0.15, 0.2) is 39.9 Å². The summed E-state index contributed by atoms with van der Waals surface area (Å²) in [6.45, 7) is 1.78. The molecular formula is C15H11N3O4S2. The molecular weight excluding hydrogens is 350 g/mol. The number of thioether (sulfide) groups is 1. The molecule has 1 aliphatic heterocycles. The molecule has 0 bridgehead atoms. The van der Waals surface area contributed by atoms with Gasteiger partial charge in [0.15, 0.2) is 4.32 Å². The molecule has 0 radical (unpaired) electrons. The molecule has 0 saturated carbocycles. The predicted octanol–water partition coefficient (Wildman–Crippen LogP) is 3.36. The summed E-state index contributed by atoms with van der Waals surface area (Å²) in [5.41, 5.74) is 1.14. The Balaban J connectivity index is 1.88. The highest BCUT2D eigenvalue weighted by Gasteiger charge is 2.26. The molecule has 1 fully saturated rings. The summed E-state index contributed by atoms with van der Waals surface area (Å²) in [6.07, 6.45) is 1.36. The smallest absolute Gasteiger partial charge is 0.280 e. The lowest BCUT2D eigenvalue weighted by molar-refractivity contribution is -0.384. The molecule has 3 rings (SSSR count). The van der Waals surface area contributed by atoms with Crippen molar-refractivity contribution in [2.45, 2.75) is 6.92 Å². The van der Waals surface area contributed by atoms with Gasteiger partial charge in [-0.3, -0.25) is 14.9 Å². The van der Waals surface area contributed by atoms with Gasteiger partial charge in [0.05, 0.1) is 22.5 Å². The van der Waals surface area contributed by atoms with Gasteiger partial charge >= 0.3 is 0 Å². The fraction of sp³-hybridized carbons (Fsp3) is 0.133. The number of nitro groups is 1. The largest absolute Gasteiger partial charge is 0.455 e. The van der Waals surface area contributed by atoms with E-state index < -0.39 is 4.92 Å². The van der Waals surface area contributed by atoms with Gasteiger partial charge in [-0.25, -0.2) is 0 Å². The monoisotopic (exact) mass is 361 g/mol.